The molecule has 21 heavy (non-hydrogen) atoms. The van der Waals surface area contributed by atoms with Gasteiger partial charge in [0.1, 0.15) is 17.6 Å². The minimum absolute atomic E-state index is 0.0545. The van der Waals surface area contributed by atoms with Gasteiger partial charge in [0.2, 0.25) is 0 Å². The molecule has 1 heterocycles. The molecule has 5 atom stereocenters. The second-order valence-electron chi connectivity index (χ2n) is 4.70. The van der Waals surface area contributed by atoms with Crippen molar-refractivity contribution >= 4 is 23.1 Å². The molecule has 2 rings (SSSR count). The molecule has 0 radical (unpaired) electrons. The maximum atomic E-state index is 10.6. The zero-order valence-electron chi connectivity index (χ0n) is 10.9. The lowest BCUT2D eigenvalue weighted by Crippen LogP contribution is -2.56. The quantitative estimate of drug-likeness (QED) is 0.371. The Kier molecular flexibility index (Phi) is 5.01. The van der Waals surface area contributed by atoms with Crippen LogP contribution in [0.2, 0.25) is 0 Å². The molecule has 0 bridgehead atoms. The molecule has 0 aliphatic carbocycles. The highest BCUT2D eigenvalue weighted by Crippen LogP contribution is 2.33. The molecule has 0 spiro atoms. The molecular formula is C12H16N2O6S. The van der Waals surface area contributed by atoms with Crippen molar-refractivity contribution in [2.75, 3.05) is 11.9 Å². The fourth-order valence-electron chi connectivity index (χ4n) is 2.06. The highest BCUT2D eigenvalue weighted by molar-refractivity contribution is 8.00. The summed E-state index contributed by atoms with van der Waals surface area (Å²) in [6.45, 7) is -0.339. The molecule has 9 heteroatoms. The zero-order valence-corrected chi connectivity index (χ0v) is 11.7. The Morgan fingerprint density at radius 1 is 1.14 bits per heavy atom. The number of rotatable bonds is 4. The number of aliphatic hydroxyl groups excluding tert-OH is 4. The molecule has 1 aromatic carbocycles. The second kappa shape index (κ2) is 6.58. The Morgan fingerprint density at radius 2 is 1.76 bits per heavy atom. The van der Waals surface area contributed by atoms with Gasteiger partial charge in [-0.1, -0.05) is 0 Å². The topological polar surface area (TPSA) is 136 Å². The van der Waals surface area contributed by atoms with Crippen LogP contribution in [-0.2, 0) is 0 Å². The fourth-order valence-corrected chi connectivity index (χ4v) is 3.38. The molecule has 0 saturated carbocycles. The molecule has 0 aromatic heterocycles. The molecule has 1 fully saturated rings. The monoisotopic (exact) mass is 316 g/mol. The van der Waals surface area contributed by atoms with Gasteiger partial charge in [0.05, 0.1) is 22.9 Å². The van der Waals surface area contributed by atoms with Gasteiger partial charge in [-0.25, -0.2) is 0 Å². The lowest BCUT2D eigenvalue weighted by Gasteiger charge is -2.39. The average molecular weight is 316 g/mol. The van der Waals surface area contributed by atoms with Crippen molar-refractivity contribution in [1.29, 1.82) is 0 Å². The second-order valence-corrected chi connectivity index (χ2v) is 6.08. The largest absolute Gasteiger partial charge is 0.395 e. The predicted octanol–water partition coefficient (Wildman–Crippen LogP) is -0.477. The van der Waals surface area contributed by atoms with E-state index in [1.165, 1.54) is 24.3 Å². The summed E-state index contributed by atoms with van der Waals surface area (Å²) in [5.74, 6) is 0. The van der Waals surface area contributed by atoms with Crippen LogP contribution < -0.4 is 5.32 Å². The van der Waals surface area contributed by atoms with E-state index in [9.17, 15) is 30.5 Å². The number of anilines is 1. The van der Waals surface area contributed by atoms with Crippen molar-refractivity contribution in [3.05, 3.63) is 34.4 Å². The van der Waals surface area contributed by atoms with Crippen LogP contribution >= 0.6 is 11.8 Å². The third kappa shape index (κ3) is 3.44. The first kappa shape index (κ1) is 16.0. The number of aliphatic hydroxyl groups is 4. The number of hydrogen-bond acceptors (Lipinski definition) is 8. The molecule has 8 nitrogen and oxygen atoms in total. The van der Waals surface area contributed by atoms with Crippen molar-refractivity contribution in [1.82, 2.24) is 0 Å². The van der Waals surface area contributed by atoms with Crippen molar-refractivity contribution in [2.45, 2.75) is 28.9 Å². The van der Waals surface area contributed by atoms with E-state index in [1.54, 1.807) is 0 Å². The van der Waals surface area contributed by atoms with E-state index in [0.29, 0.717) is 5.69 Å². The van der Waals surface area contributed by atoms with Gasteiger partial charge in [-0.3, -0.25) is 10.1 Å². The predicted molar refractivity (Wildman–Crippen MR) is 77.0 cm³/mol. The molecule has 0 unspecified atom stereocenters. The van der Waals surface area contributed by atoms with E-state index in [0.717, 1.165) is 11.8 Å². The fraction of sp³-hybridized carbons (Fsp3) is 0.500. The van der Waals surface area contributed by atoms with Crippen LogP contribution in [0, 0.1) is 10.1 Å². The molecule has 116 valence electrons. The number of benzene rings is 1. The minimum Gasteiger partial charge on any atom is -0.395 e. The standard InChI is InChI=1S/C12H16N2O6S/c15-5-8-9(16)10(17)11(18)12(21-8)13-6-1-3-7(4-2-6)14(19)20/h1-4,8-13,15-18H,5H2/t8-,9-,10+,11-,12+/m1/s1. The zero-order chi connectivity index (χ0) is 15.6. The first-order valence-electron chi connectivity index (χ1n) is 6.25. The Hall–Kier alpha value is -1.39. The van der Waals surface area contributed by atoms with Crippen LogP contribution in [0.4, 0.5) is 11.4 Å². The highest BCUT2D eigenvalue weighted by Gasteiger charge is 2.43. The van der Waals surface area contributed by atoms with Crippen molar-refractivity contribution in [2.24, 2.45) is 0 Å². The van der Waals surface area contributed by atoms with Gasteiger partial charge in [-0.2, -0.15) is 0 Å². The lowest BCUT2D eigenvalue weighted by molar-refractivity contribution is -0.384. The van der Waals surface area contributed by atoms with Crippen LogP contribution in [0.5, 0.6) is 0 Å². The van der Waals surface area contributed by atoms with Crippen molar-refractivity contribution in [3.63, 3.8) is 0 Å². The number of hydrogen-bond donors (Lipinski definition) is 5. The molecule has 1 aliphatic heterocycles. The van der Waals surface area contributed by atoms with Crippen molar-refractivity contribution < 1.29 is 25.3 Å². The SMILES string of the molecule is O=[N+]([O-])c1ccc(N[C@H]2S[C@H](CO)[C@@H](O)[C@H](O)[C@H]2O)cc1. The molecule has 1 saturated heterocycles. The van der Waals surface area contributed by atoms with Gasteiger partial charge in [0.15, 0.2) is 0 Å². The molecule has 1 aromatic rings. The van der Waals surface area contributed by atoms with E-state index in [-0.39, 0.29) is 12.3 Å². The Morgan fingerprint density at radius 3 is 2.29 bits per heavy atom. The van der Waals surface area contributed by atoms with Crippen molar-refractivity contribution in [3.8, 4) is 0 Å². The Labute approximate surface area is 124 Å². The smallest absolute Gasteiger partial charge is 0.269 e. The van der Waals surface area contributed by atoms with E-state index in [2.05, 4.69) is 5.32 Å². The maximum absolute atomic E-state index is 10.6. The first-order chi connectivity index (χ1) is 9.93. The number of thioether (sulfide) groups is 1. The maximum Gasteiger partial charge on any atom is 0.269 e. The summed E-state index contributed by atoms with van der Waals surface area (Å²) in [5.41, 5.74) is 0.471. The van der Waals surface area contributed by atoms with Gasteiger partial charge in [0.25, 0.3) is 5.69 Å². The summed E-state index contributed by atoms with van der Waals surface area (Å²) in [4.78, 5) is 10.0. The first-order valence-corrected chi connectivity index (χ1v) is 7.20. The van der Waals surface area contributed by atoms with Crippen LogP contribution in [0.3, 0.4) is 0 Å². The van der Waals surface area contributed by atoms with Crippen LogP contribution in [0.1, 0.15) is 0 Å². The third-order valence-corrected chi connectivity index (χ3v) is 4.75. The van der Waals surface area contributed by atoms with E-state index >= 15 is 0 Å². The summed E-state index contributed by atoms with van der Waals surface area (Å²) >= 11 is 1.10. The highest BCUT2D eigenvalue weighted by atomic mass is 32.2. The lowest BCUT2D eigenvalue weighted by atomic mass is 10.0. The van der Waals surface area contributed by atoms with Crippen LogP contribution in [0.15, 0.2) is 24.3 Å². The van der Waals surface area contributed by atoms with E-state index in [1.807, 2.05) is 0 Å². The Bertz CT molecular complexity index is 497. The van der Waals surface area contributed by atoms with E-state index < -0.39 is 33.9 Å². The molecular weight excluding hydrogens is 300 g/mol. The average Bonchev–Trinajstić information content (AvgIpc) is 2.48. The summed E-state index contributed by atoms with van der Waals surface area (Å²) < 4.78 is 0. The molecule has 1 aliphatic rings. The van der Waals surface area contributed by atoms with Gasteiger partial charge in [-0.15, -0.1) is 11.8 Å². The van der Waals surface area contributed by atoms with Gasteiger partial charge in [-0.05, 0) is 12.1 Å². The minimum atomic E-state index is -1.38. The van der Waals surface area contributed by atoms with Crippen LogP contribution in [0.25, 0.3) is 0 Å². The van der Waals surface area contributed by atoms with E-state index in [4.69, 9.17) is 0 Å². The summed E-state index contributed by atoms with van der Waals surface area (Å²) in [5, 5.41) is 50.8. The number of non-ortho nitro benzene ring substituents is 1. The summed E-state index contributed by atoms with van der Waals surface area (Å²) in [6.07, 6.45) is -3.83. The van der Waals surface area contributed by atoms with Gasteiger partial charge in [0, 0.05) is 17.8 Å². The number of nitro groups is 1. The van der Waals surface area contributed by atoms with Gasteiger partial charge >= 0.3 is 0 Å². The van der Waals surface area contributed by atoms with Crippen LogP contribution in [-0.4, -0.2) is 60.9 Å². The number of nitrogens with one attached hydrogen (secondary N) is 1. The normalized spacial score (nSPS) is 32.7. The molecule has 5 N–H and O–H groups in total. The molecule has 0 amide bonds. The number of nitrogens with zero attached hydrogens (tertiary/aromatic N) is 1. The summed E-state index contributed by atoms with van der Waals surface area (Å²) in [6, 6.07) is 5.60. The van der Waals surface area contributed by atoms with Gasteiger partial charge < -0.3 is 25.7 Å². The third-order valence-electron chi connectivity index (χ3n) is 3.28. The number of nitro benzene ring substituents is 1. The summed E-state index contributed by atoms with van der Waals surface area (Å²) in [7, 11) is 0. The Balaban J connectivity index is 2.08.